The SMILES string of the molecule is COc1ccc(CNC(=O)C2(C)CCCN(C(=O)c3ccc(F)cc3)C2)cc1. The van der Waals surface area contributed by atoms with E-state index in [0.29, 0.717) is 31.6 Å². The Morgan fingerprint density at radius 3 is 2.46 bits per heavy atom. The highest BCUT2D eigenvalue weighted by Crippen LogP contribution is 2.30. The highest BCUT2D eigenvalue weighted by atomic mass is 19.1. The summed E-state index contributed by atoms with van der Waals surface area (Å²) in [5.41, 5.74) is 0.762. The number of amides is 2. The number of methoxy groups -OCH3 is 1. The maximum absolute atomic E-state index is 13.1. The van der Waals surface area contributed by atoms with E-state index in [1.165, 1.54) is 24.3 Å². The van der Waals surface area contributed by atoms with E-state index in [9.17, 15) is 14.0 Å². The Bertz CT molecular complexity index is 836. The van der Waals surface area contributed by atoms with E-state index in [1.54, 1.807) is 12.0 Å². The predicted octanol–water partition coefficient (Wildman–Crippen LogP) is 3.39. The number of hydrogen-bond donors (Lipinski definition) is 1. The molecule has 1 aliphatic heterocycles. The Balaban J connectivity index is 1.62. The van der Waals surface area contributed by atoms with Crippen LogP contribution in [-0.4, -0.2) is 36.9 Å². The maximum Gasteiger partial charge on any atom is 0.253 e. The summed E-state index contributed by atoms with van der Waals surface area (Å²) in [6.07, 6.45) is 1.47. The summed E-state index contributed by atoms with van der Waals surface area (Å²) in [7, 11) is 1.61. The molecule has 1 N–H and O–H groups in total. The number of rotatable bonds is 5. The molecule has 0 aliphatic carbocycles. The lowest BCUT2D eigenvalue weighted by molar-refractivity contribution is -0.132. The normalized spacial score (nSPS) is 19.2. The zero-order chi connectivity index (χ0) is 20.1. The van der Waals surface area contributed by atoms with Crippen LogP contribution >= 0.6 is 0 Å². The van der Waals surface area contributed by atoms with Gasteiger partial charge in [0, 0.05) is 25.2 Å². The fourth-order valence-electron chi connectivity index (χ4n) is 3.51. The van der Waals surface area contributed by atoms with E-state index in [4.69, 9.17) is 4.74 Å². The molecular formula is C22H25FN2O3. The van der Waals surface area contributed by atoms with Gasteiger partial charge in [-0.25, -0.2) is 4.39 Å². The minimum absolute atomic E-state index is 0.0695. The lowest BCUT2D eigenvalue weighted by atomic mass is 9.80. The van der Waals surface area contributed by atoms with Crippen molar-refractivity contribution in [2.75, 3.05) is 20.2 Å². The van der Waals surface area contributed by atoms with E-state index >= 15 is 0 Å². The molecule has 0 bridgehead atoms. The molecule has 1 unspecified atom stereocenters. The molecule has 1 saturated heterocycles. The van der Waals surface area contributed by atoms with Gasteiger partial charge in [0.05, 0.1) is 12.5 Å². The smallest absolute Gasteiger partial charge is 0.253 e. The highest BCUT2D eigenvalue weighted by molar-refractivity contribution is 5.95. The second-order valence-electron chi connectivity index (χ2n) is 7.43. The van der Waals surface area contributed by atoms with Gasteiger partial charge < -0.3 is 15.0 Å². The molecule has 0 saturated carbocycles. The number of piperidine rings is 1. The first-order chi connectivity index (χ1) is 13.4. The van der Waals surface area contributed by atoms with Crippen molar-refractivity contribution in [1.29, 1.82) is 0 Å². The predicted molar refractivity (Wildman–Crippen MR) is 104 cm³/mol. The van der Waals surface area contributed by atoms with Crippen LogP contribution in [-0.2, 0) is 11.3 Å². The van der Waals surface area contributed by atoms with Crippen molar-refractivity contribution in [3.63, 3.8) is 0 Å². The number of nitrogens with one attached hydrogen (secondary N) is 1. The summed E-state index contributed by atoms with van der Waals surface area (Å²) in [6, 6.07) is 13.0. The zero-order valence-corrected chi connectivity index (χ0v) is 16.2. The quantitative estimate of drug-likeness (QED) is 0.860. The number of benzene rings is 2. The van der Waals surface area contributed by atoms with Gasteiger partial charge in [0.1, 0.15) is 11.6 Å². The molecule has 5 nitrogen and oxygen atoms in total. The van der Waals surface area contributed by atoms with Gasteiger partial charge >= 0.3 is 0 Å². The second kappa shape index (κ2) is 8.42. The number of hydrogen-bond acceptors (Lipinski definition) is 3. The molecule has 28 heavy (non-hydrogen) atoms. The summed E-state index contributed by atoms with van der Waals surface area (Å²) in [4.78, 5) is 27.2. The van der Waals surface area contributed by atoms with Gasteiger partial charge in [-0.1, -0.05) is 12.1 Å². The molecular weight excluding hydrogens is 359 g/mol. The van der Waals surface area contributed by atoms with Gasteiger partial charge in [-0.2, -0.15) is 0 Å². The topological polar surface area (TPSA) is 58.6 Å². The third kappa shape index (κ3) is 4.50. The zero-order valence-electron chi connectivity index (χ0n) is 16.2. The molecule has 0 radical (unpaired) electrons. The van der Waals surface area contributed by atoms with Crippen molar-refractivity contribution < 1.29 is 18.7 Å². The fourth-order valence-corrected chi connectivity index (χ4v) is 3.51. The van der Waals surface area contributed by atoms with E-state index < -0.39 is 5.41 Å². The average Bonchev–Trinajstić information content (AvgIpc) is 2.72. The van der Waals surface area contributed by atoms with E-state index in [1.807, 2.05) is 31.2 Å². The molecule has 2 aromatic rings. The molecule has 6 heteroatoms. The fraction of sp³-hybridized carbons (Fsp3) is 0.364. The van der Waals surface area contributed by atoms with Crippen LogP contribution in [0.5, 0.6) is 5.75 Å². The third-order valence-corrected chi connectivity index (χ3v) is 5.24. The number of carbonyl (C=O) groups excluding carboxylic acids is 2. The minimum Gasteiger partial charge on any atom is -0.497 e. The molecule has 2 amide bonds. The molecule has 148 valence electrons. The van der Waals surface area contributed by atoms with E-state index in [0.717, 1.165) is 17.7 Å². The van der Waals surface area contributed by atoms with Gasteiger partial charge in [0.2, 0.25) is 5.91 Å². The van der Waals surface area contributed by atoms with E-state index in [-0.39, 0.29) is 17.6 Å². The lowest BCUT2D eigenvalue weighted by Crippen LogP contribution is -2.51. The highest BCUT2D eigenvalue weighted by Gasteiger charge is 2.39. The molecule has 1 atom stereocenters. The van der Waals surface area contributed by atoms with Gasteiger partial charge in [-0.15, -0.1) is 0 Å². The molecule has 1 aliphatic rings. The molecule has 3 rings (SSSR count). The van der Waals surface area contributed by atoms with Crippen LogP contribution in [0.4, 0.5) is 4.39 Å². The Morgan fingerprint density at radius 1 is 1.14 bits per heavy atom. The molecule has 2 aromatic carbocycles. The standard InChI is InChI=1S/C22H25FN2O3/c1-22(21(27)24-14-16-4-10-19(28-2)11-5-16)12-3-13-25(15-22)20(26)17-6-8-18(23)9-7-17/h4-11H,3,12-15H2,1-2H3,(H,24,27). The van der Waals surface area contributed by atoms with Crippen molar-refractivity contribution in [2.24, 2.45) is 5.41 Å². The van der Waals surface area contributed by atoms with Crippen molar-refractivity contribution in [3.05, 3.63) is 65.5 Å². The average molecular weight is 384 g/mol. The van der Waals surface area contributed by atoms with Crippen LogP contribution in [0.25, 0.3) is 0 Å². The van der Waals surface area contributed by atoms with Crippen molar-refractivity contribution >= 4 is 11.8 Å². The van der Waals surface area contributed by atoms with Crippen LogP contribution in [0.1, 0.15) is 35.7 Å². The van der Waals surface area contributed by atoms with Gasteiger partial charge in [-0.05, 0) is 61.7 Å². The molecule has 0 aromatic heterocycles. The van der Waals surface area contributed by atoms with E-state index in [2.05, 4.69) is 5.32 Å². The molecule has 1 heterocycles. The van der Waals surface area contributed by atoms with Crippen molar-refractivity contribution in [1.82, 2.24) is 10.2 Å². The summed E-state index contributed by atoms with van der Waals surface area (Å²) in [5, 5.41) is 2.99. The van der Waals surface area contributed by atoms with Crippen LogP contribution in [0.3, 0.4) is 0 Å². The Labute approximate surface area is 164 Å². The summed E-state index contributed by atoms with van der Waals surface area (Å²) in [5.74, 6) is 0.149. The Morgan fingerprint density at radius 2 is 1.82 bits per heavy atom. The Kier molecular flexibility index (Phi) is 5.97. The number of likely N-dealkylation sites (tertiary alicyclic amines) is 1. The van der Waals surface area contributed by atoms with Crippen LogP contribution in [0.2, 0.25) is 0 Å². The van der Waals surface area contributed by atoms with Crippen molar-refractivity contribution in [2.45, 2.75) is 26.3 Å². The third-order valence-electron chi connectivity index (χ3n) is 5.24. The molecule has 0 spiro atoms. The summed E-state index contributed by atoms with van der Waals surface area (Å²) in [6.45, 7) is 3.25. The van der Waals surface area contributed by atoms with Gasteiger partial charge in [0.25, 0.3) is 5.91 Å². The monoisotopic (exact) mass is 384 g/mol. The summed E-state index contributed by atoms with van der Waals surface area (Å²) < 4.78 is 18.2. The number of ether oxygens (including phenoxy) is 1. The van der Waals surface area contributed by atoms with Crippen molar-refractivity contribution in [3.8, 4) is 5.75 Å². The summed E-state index contributed by atoms with van der Waals surface area (Å²) >= 11 is 0. The lowest BCUT2D eigenvalue weighted by Gasteiger charge is -2.39. The van der Waals surface area contributed by atoms with Gasteiger partial charge in [-0.3, -0.25) is 9.59 Å². The molecule has 1 fully saturated rings. The Hall–Kier alpha value is -2.89. The number of halogens is 1. The van der Waals surface area contributed by atoms with Gasteiger partial charge in [0.15, 0.2) is 0 Å². The first-order valence-corrected chi connectivity index (χ1v) is 9.37. The first kappa shape index (κ1) is 19.9. The number of carbonyl (C=O) groups is 2. The van der Waals surface area contributed by atoms with Crippen LogP contribution < -0.4 is 10.1 Å². The second-order valence-corrected chi connectivity index (χ2v) is 7.43. The minimum atomic E-state index is -0.652. The maximum atomic E-state index is 13.1. The first-order valence-electron chi connectivity index (χ1n) is 9.37. The largest absolute Gasteiger partial charge is 0.497 e. The van der Waals surface area contributed by atoms with Crippen LogP contribution in [0.15, 0.2) is 48.5 Å². The number of nitrogens with zero attached hydrogens (tertiary/aromatic N) is 1. The van der Waals surface area contributed by atoms with Crippen LogP contribution in [0, 0.1) is 11.2 Å².